The lowest BCUT2D eigenvalue weighted by Crippen LogP contribution is -2.39. The van der Waals surface area contributed by atoms with Gasteiger partial charge in [-0.1, -0.05) is 0 Å². The summed E-state index contributed by atoms with van der Waals surface area (Å²) < 4.78 is 27.0. The number of nitrogens with two attached hydrogens (primary N) is 1. The Morgan fingerprint density at radius 3 is 2.66 bits per heavy atom. The largest absolute Gasteiger partial charge is 0.366 e. The fourth-order valence-electron chi connectivity index (χ4n) is 4.34. The second kappa shape index (κ2) is 9.30. The van der Waals surface area contributed by atoms with Gasteiger partial charge in [-0.3, -0.25) is 9.89 Å². The van der Waals surface area contributed by atoms with Gasteiger partial charge in [0.15, 0.2) is 0 Å². The quantitative estimate of drug-likeness (QED) is 0.520. The van der Waals surface area contributed by atoms with Gasteiger partial charge in [-0.15, -0.1) is 0 Å². The number of rotatable bonds is 8. The van der Waals surface area contributed by atoms with E-state index in [0.29, 0.717) is 43.4 Å². The van der Waals surface area contributed by atoms with E-state index >= 15 is 0 Å². The Morgan fingerprint density at radius 2 is 2.03 bits per heavy atom. The normalized spacial score (nSPS) is 16.2. The first-order valence-corrected chi connectivity index (χ1v) is 13.3. The second-order valence-electron chi connectivity index (χ2n) is 8.58. The van der Waals surface area contributed by atoms with Gasteiger partial charge in [0.25, 0.3) is 5.91 Å². The number of hydrogen-bond acceptors (Lipinski definition) is 6. The van der Waals surface area contributed by atoms with Gasteiger partial charge in [0, 0.05) is 24.4 Å². The lowest BCUT2D eigenvalue weighted by molar-refractivity contribution is 0.100. The number of nitrogens with zero attached hydrogens (tertiary/aromatic N) is 3. The number of carbonyl (C=O) groups is 1. The number of carbonyl (C=O) groups excluding carboxylic acids is 1. The summed E-state index contributed by atoms with van der Waals surface area (Å²) in [4.78, 5) is 14.1. The molecular weight excluding hydrogens is 446 g/mol. The first-order valence-electron chi connectivity index (χ1n) is 10.7. The van der Waals surface area contributed by atoms with E-state index in [2.05, 4.69) is 10.2 Å². The highest BCUT2D eigenvalue weighted by Crippen LogP contribution is 2.36. The summed E-state index contributed by atoms with van der Waals surface area (Å²) in [6.07, 6.45) is 2.02. The molecule has 3 N–H and O–H groups in total. The van der Waals surface area contributed by atoms with E-state index in [1.165, 1.54) is 0 Å². The van der Waals surface area contributed by atoms with E-state index in [1.807, 2.05) is 41.9 Å². The van der Waals surface area contributed by atoms with Crippen LogP contribution in [-0.2, 0) is 10.0 Å². The van der Waals surface area contributed by atoms with Crippen molar-refractivity contribution in [3.8, 4) is 11.1 Å². The molecule has 0 atom stereocenters. The predicted molar refractivity (Wildman–Crippen MR) is 128 cm³/mol. The Hall–Kier alpha value is -2.27. The fourth-order valence-corrected chi connectivity index (χ4v) is 6.53. The van der Waals surface area contributed by atoms with Gasteiger partial charge < -0.3 is 10.6 Å². The maximum absolute atomic E-state index is 12.7. The molecule has 0 aliphatic carbocycles. The maximum Gasteiger partial charge on any atom is 0.250 e. The van der Waals surface area contributed by atoms with E-state index in [1.54, 1.807) is 21.7 Å². The first kappa shape index (κ1) is 22.9. The second-order valence-corrected chi connectivity index (χ2v) is 11.4. The summed E-state index contributed by atoms with van der Waals surface area (Å²) in [7, 11) is 0.639. The van der Waals surface area contributed by atoms with Gasteiger partial charge in [-0.2, -0.15) is 16.4 Å². The Balaban J connectivity index is 1.56. The number of aromatic amines is 1. The molecule has 1 aliphatic rings. The Bertz CT molecular complexity index is 1190. The van der Waals surface area contributed by atoms with Gasteiger partial charge in [0.1, 0.15) is 0 Å². The average molecular weight is 476 g/mol. The molecule has 1 fully saturated rings. The average Bonchev–Trinajstić information content (AvgIpc) is 3.42. The van der Waals surface area contributed by atoms with Crippen molar-refractivity contribution in [1.29, 1.82) is 0 Å². The van der Waals surface area contributed by atoms with E-state index in [0.717, 1.165) is 28.8 Å². The molecule has 172 valence electrons. The zero-order valence-corrected chi connectivity index (χ0v) is 20.0. The number of primary amides is 1. The van der Waals surface area contributed by atoms with Crippen LogP contribution in [0.2, 0.25) is 0 Å². The van der Waals surface area contributed by atoms with Crippen LogP contribution >= 0.6 is 11.3 Å². The molecule has 4 rings (SSSR count). The number of H-pyrrole nitrogens is 1. The smallest absolute Gasteiger partial charge is 0.250 e. The molecule has 1 amide bonds. The number of aromatic nitrogens is 2. The zero-order chi connectivity index (χ0) is 22.9. The standard InChI is InChI=1S/C22H29N5O3S2/c1-26(2)7-3-11-32(29,30)27-8-4-15(5-9-27)20-18-12-17(16-6-10-31-14-16)13-19(22(23)28)21(18)25-24-20/h6,10,12-15H,3-5,7-9,11H2,1-2H3,(H2,23,28)(H,24,25). The molecule has 10 heteroatoms. The summed E-state index contributed by atoms with van der Waals surface area (Å²) in [5.74, 6) is -0.205. The third-order valence-corrected chi connectivity index (χ3v) is 8.70. The van der Waals surface area contributed by atoms with E-state index in [-0.39, 0.29) is 11.7 Å². The summed E-state index contributed by atoms with van der Waals surface area (Å²) in [5.41, 5.74) is 9.56. The summed E-state index contributed by atoms with van der Waals surface area (Å²) in [6, 6.07) is 5.86. The molecule has 0 spiro atoms. The Morgan fingerprint density at radius 1 is 1.28 bits per heavy atom. The molecule has 1 aliphatic heterocycles. The fraction of sp³-hybridized carbons (Fsp3) is 0.455. The van der Waals surface area contributed by atoms with Crippen molar-refractivity contribution in [2.75, 3.05) is 39.5 Å². The van der Waals surface area contributed by atoms with Crippen LogP contribution < -0.4 is 5.73 Å². The zero-order valence-electron chi connectivity index (χ0n) is 18.4. The highest BCUT2D eigenvalue weighted by atomic mass is 32.2. The third kappa shape index (κ3) is 4.73. The molecule has 3 heterocycles. The van der Waals surface area contributed by atoms with Gasteiger partial charge >= 0.3 is 0 Å². The summed E-state index contributed by atoms with van der Waals surface area (Å²) >= 11 is 1.59. The van der Waals surface area contributed by atoms with Gasteiger partial charge in [-0.05, 0) is 80.0 Å². The summed E-state index contributed by atoms with van der Waals surface area (Å²) in [5, 5.41) is 12.5. The van der Waals surface area contributed by atoms with Gasteiger partial charge in [0.05, 0.1) is 22.5 Å². The summed E-state index contributed by atoms with van der Waals surface area (Å²) in [6.45, 7) is 1.72. The van der Waals surface area contributed by atoms with E-state index < -0.39 is 15.9 Å². The van der Waals surface area contributed by atoms with Crippen molar-refractivity contribution < 1.29 is 13.2 Å². The van der Waals surface area contributed by atoms with Crippen molar-refractivity contribution in [2.24, 2.45) is 5.73 Å². The van der Waals surface area contributed by atoms with Gasteiger partial charge in [0.2, 0.25) is 10.0 Å². The van der Waals surface area contributed by atoms with Crippen LogP contribution in [0.5, 0.6) is 0 Å². The minimum atomic E-state index is -3.25. The molecule has 3 aromatic rings. The van der Waals surface area contributed by atoms with Crippen LogP contribution in [0.4, 0.5) is 0 Å². The molecule has 32 heavy (non-hydrogen) atoms. The topological polar surface area (TPSA) is 112 Å². The molecule has 0 radical (unpaired) electrons. The van der Waals surface area contributed by atoms with Crippen LogP contribution in [0.3, 0.4) is 0 Å². The van der Waals surface area contributed by atoms with E-state index in [9.17, 15) is 13.2 Å². The highest BCUT2D eigenvalue weighted by molar-refractivity contribution is 7.89. The lowest BCUT2D eigenvalue weighted by atomic mass is 9.91. The van der Waals surface area contributed by atoms with Crippen molar-refractivity contribution >= 4 is 38.2 Å². The van der Waals surface area contributed by atoms with Crippen LogP contribution in [0, 0.1) is 0 Å². The number of sulfonamides is 1. The molecule has 1 aromatic carbocycles. The number of hydrogen-bond donors (Lipinski definition) is 2. The molecule has 2 aromatic heterocycles. The number of benzene rings is 1. The number of fused-ring (bicyclic) bond motifs is 1. The maximum atomic E-state index is 12.7. The molecule has 0 unspecified atom stereocenters. The minimum Gasteiger partial charge on any atom is -0.366 e. The SMILES string of the molecule is CN(C)CCCS(=O)(=O)N1CCC(c2n[nH]c3c(C(N)=O)cc(-c4ccsc4)cc23)CC1. The van der Waals surface area contributed by atoms with Crippen molar-refractivity contribution in [3.63, 3.8) is 0 Å². The van der Waals surface area contributed by atoms with Crippen LogP contribution in [0.1, 0.15) is 41.2 Å². The number of thiophene rings is 1. The van der Waals surface area contributed by atoms with Crippen LogP contribution in [-0.4, -0.2) is 73.2 Å². The number of nitrogens with one attached hydrogen (secondary N) is 1. The number of piperidine rings is 1. The van der Waals surface area contributed by atoms with E-state index in [4.69, 9.17) is 5.73 Å². The molecule has 0 bridgehead atoms. The Kier molecular flexibility index (Phi) is 6.66. The van der Waals surface area contributed by atoms with Crippen molar-refractivity contribution in [2.45, 2.75) is 25.2 Å². The Labute approximate surface area is 192 Å². The monoisotopic (exact) mass is 475 g/mol. The minimum absolute atomic E-state index is 0.121. The molecule has 8 nitrogen and oxygen atoms in total. The molecule has 0 saturated carbocycles. The van der Waals surface area contributed by atoms with Crippen LogP contribution in [0.25, 0.3) is 22.0 Å². The first-order chi connectivity index (χ1) is 15.3. The van der Waals surface area contributed by atoms with Crippen molar-refractivity contribution in [1.82, 2.24) is 19.4 Å². The highest BCUT2D eigenvalue weighted by Gasteiger charge is 2.30. The third-order valence-electron chi connectivity index (χ3n) is 6.06. The number of amides is 1. The van der Waals surface area contributed by atoms with Crippen molar-refractivity contribution in [3.05, 3.63) is 40.2 Å². The predicted octanol–water partition coefficient (Wildman–Crippen LogP) is 2.85. The molecule has 1 saturated heterocycles. The molecular formula is C22H29N5O3S2. The van der Waals surface area contributed by atoms with Gasteiger partial charge in [-0.25, -0.2) is 12.7 Å². The lowest BCUT2D eigenvalue weighted by Gasteiger charge is -2.30. The van der Waals surface area contributed by atoms with Crippen LogP contribution in [0.15, 0.2) is 29.0 Å².